The van der Waals surface area contributed by atoms with Crippen LogP contribution in [0.15, 0.2) is 0 Å². The summed E-state index contributed by atoms with van der Waals surface area (Å²) >= 11 is 1.98. The van der Waals surface area contributed by atoms with Crippen LogP contribution in [0.1, 0.15) is 13.8 Å². The summed E-state index contributed by atoms with van der Waals surface area (Å²) in [5.74, 6) is 0. The van der Waals surface area contributed by atoms with E-state index >= 15 is 0 Å². The summed E-state index contributed by atoms with van der Waals surface area (Å²) < 4.78 is 17.6. The highest BCUT2D eigenvalue weighted by Crippen LogP contribution is 2.14. The standard InChI is InChI=1S/C3H8O2S2/c1-3(2,6)7(4)5/h6H,1-2H3,(H,4,5). The second-order valence-corrected chi connectivity index (χ2v) is 4.64. The summed E-state index contributed by atoms with van der Waals surface area (Å²) in [7, 11) is 0. The Labute approximate surface area is 51.0 Å². The Morgan fingerprint density at radius 2 is 1.86 bits per heavy atom. The molecule has 0 aliphatic rings. The van der Waals surface area contributed by atoms with Gasteiger partial charge in [-0.1, -0.05) is 0 Å². The summed E-state index contributed by atoms with van der Waals surface area (Å²) in [6.45, 7) is 3.15. The van der Waals surface area contributed by atoms with Gasteiger partial charge in [-0.05, 0) is 13.8 Å². The predicted molar refractivity (Wildman–Crippen MR) is 33.8 cm³/mol. The first kappa shape index (κ1) is 7.46. The first-order valence-electron chi connectivity index (χ1n) is 1.78. The summed E-state index contributed by atoms with van der Waals surface area (Å²) in [5.41, 5.74) is 0. The molecule has 1 atom stereocenters. The Bertz CT molecular complexity index is 83.4. The fourth-order valence-electron chi connectivity index (χ4n) is 0. The molecule has 0 aliphatic heterocycles. The van der Waals surface area contributed by atoms with Gasteiger partial charge in [0.1, 0.15) is 4.08 Å². The predicted octanol–water partition coefficient (Wildman–Crippen LogP) is 0.874. The maximum absolute atomic E-state index is 10.1. The monoisotopic (exact) mass is 140 g/mol. The minimum Gasteiger partial charge on any atom is -0.305 e. The van der Waals surface area contributed by atoms with Crippen molar-refractivity contribution in [2.45, 2.75) is 17.9 Å². The number of hydrogen-bond donors (Lipinski definition) is 2. The average Bonchev–Trinajstić information content (AvgIpc) is 1.31. The van der Waals surface area contributed by atoms with Crippen LogP contribution in [-0.4, -0.2) is 12.8 Å². The van der Waals surface area contributed by atoms with Crippen LogP contribution in [0.4, 0.5) is 0 Å². The topological polar surface area (TPSA) is 37.3 Å². The molecule has 0 aromatic heterocycles. The van der Waals surface area contributed by atoms with Crippen molar-refractivity contribution in [1.82, 2.24) is 0 Å². The fourth-order valence-corrected chi connectivity index (χ4v) is 0. The molecule has 1 unspecified atom stereocenters. The fraction of sp³-hybridized carbons (Fsp3) is 1.00. The molecule has 44 valence electrons. The molecule has 4 heteroatoms. The Hall–Kier alpha value is 0.460. The van der Waals surface area contributed by atoms with Crippen molar-refractivity contribution in [1.29, 1.82) is 0 Å². The van der Waals surface area contributed by atoms with Gasteiger partial charge in [-0.25, -0.2) is 4.21 Å². The van der Waals surface area contributed by atoms with Gasteiger partial charge in [0.2, 0.25) is 0 Å². The van der Waals surface area contributed by atoms with Crippen molar-refractivity contribution in [2.75, 3.05) is 0 Å². The lowest BCUT2D eigenvalue weighted by Crippen LogP contribution is -2.16. The van der Waals surface area contributed by atoms with Crippen molar-refractivity contribution < 1.29 is 8.76 Å². The lowest BCUT2D eigenvalue weighted by Gasteiger charge is -2.09. The molecule has 0 rings (SSSR count). The van der Waals surface area contributed by atoms with Crippen LogP contribution >= 0.6 is 12.6 Å². The SMILES string of the molecule is CC(C)(S)S(=O)O. The van der Waals surface area contributed by atoms with Crippen molar-refractivity contribution in [3.8, 4) is 0 Å². The van der Waals surface area contributed by atoms with Crippen LogP contribution in [0, 0.1) is 0 Å². The quantitative estimate of drug-likeness (QED) is 0.419. The van der Waals surface area contributed by atoms with Crippen molar-refractivity contribution in [3.05, 3.63) is 0 Å². The van der Waals surface area contributed by atoms with Gasteiger partial charge < -0.3 is 4.55 Å². The third kappa shape index (κ3) is 3.08. The molecule has 0 saturated carbocycles. The highest BCUT2D eigenvalue weighted by molar-refractivity contribution is 7.99. The molecule has 1 N–H and O–H groups in total. The molecular formula is C3H8O2S2. The lowest BCUT2D eigenvalue weighted by atomic mass is 10.5. The van der Waals surface area contributed by atoms with Gasteiger partial charge in [-0.15, -0.1) is 0 Å². The van der Waals surface area contributed by atoms with E-state index in [4.69, 9.17) is 4.55 Å². The second kappa shape index (κ2) is 2.15. The zero-order valence-corrected chi connectivity index (χ0v) is 5.92. The second-order valence-electron chi connectivity index (χ2n) is 1.70. The van der Waals surface area contributed by atoms with E-state index in [1.54, 1.807) is 13.8 Å². The normalized spacial score (nSPS) is 16.6. The molecule has 7 heavy (non-hydrogen) atoms. The molecule has 0 fully saturated rings. The number of hydrogen-bond acceptors (Lipinski definition) is 2. The van der Waals surface area contributed by atoms with Crippen LogP contribution in [-0.2, 0) is 11.1 Å². The molecule has 0 bridgehead atoms. The zero-order chi connectivity index (χ0) is 6.08. The van der Waals surface area contributed by atoms with Gasteiger partial charge in [0.15, 0.2) is 11.1 Å². The molecule has 0 amide bonds. The highest BCUT2D eigenvalue weighted by Gasteiger charge is 2.17. The third-order valence-corrected chi connectivity index (χ3v) is 1.75. The van der Waals surface area contributed by atoms with E-state index in [1.165, 1.54) is 0 Å². The first-order valence-corrected chi connectivity index (χ1v) is 3.33. The average molecular weight is 140 g/mol. The van der Waals surface area contributed by atoms with Crippen LogP contribution in [0.2, 0.25) is 0 Å². The summed E-state index contributed by atoms with van der Waals surface area (Å²) in [5, 5.41) is 0. The molecule has 0 aromatic rings. The molecule has 0 spiro atoms. The van der Waals surface area contributed by atoms with E-state index in [2.05, 4.69) is 12.6 Å². The molecule has 0 heterocycles. The van der Waals surface area contributed by atoms with Gasteiger partial charge in [0.25, 0.3) is 0 Å². The van der Waals surface area contributed by atoms with Crippen LogP contribution in [0.5, 0.6) is 0 Å². The minimum atomic E-state index is -1.82. The van der Waals surface area contributed by atoms with Crippen LogP contribution in [0.25, 0.3) is 0 Å². The lowest BCUT2D eigenvalue weighted by molar-refractivity contribution is 0.550. The van der Waals surface area contributed by atoms with E-state index in [0.29, 0.717) is 0 Å². The Kier molecular flexibility index (Phi) is 2.29. The molecular weight excluding hydrogens is 132 g/mol. The largest absolute Gasteiger partial charge is 0.305 e. The minimum absolute atomic E-state index is 0.778. The molecule has 0 saturated heterocycles. The van der Waals surface area contributed by atoms with Gasteiger partial charge in [0, 0.05) is 0 Å². The van der Waals surface area contributed by atoms with E-state index in [-0.39, 0.29) is 0 Å². The van der Waals surface area contributed by atoms with E-state index in [0.717, 1.165) is 0 Å². The molecule has 0 aromatic carbocycles. The smallest absolute Gasteiger partial charge is 0.168 e. The van der Waals surface area contributed by atoms with Crippen molar-refractivity contribution in [2.24, 2.45) is 0 Å². The van der Waals surface area contributed by atoms with Gasteiger partial charge >= 0.3 is 0 Å². The summed E-state index contributed by atoms with van der Waals surface area (Å²) in [6, 6.07) is 0. The molecule has 2 nitrogen and oxygen atoms in total. The Morgan fingerprint density at radius 3 is 1.86 bits per heavy atom. The Morgan fingerprint density at radius 1 is 1.71 bits per heavy atom. The maximum Gasteiger partial charge on any atom is 0.168 e. The summed E-state index contributed by atoms with van der Waals surface area (Å²) in [6.07, 6.45) is 0. The van der Waals surface area contributed by atoms with E-state index in [1.807, 2.05) is 0 Å². The zero-order valence-electron chi connectivity index (χ0n) is 4.21. The van der Waals surface area contributed by atoms with E-state index < -0.39 is 15.2 Å². The third-order valence-electron chi connectivity index (χ3n) is 0.427. The van der Waals surface area contributed by atoms with Gasteiger partial charge in [-0.2, -0.15) is 12.6 Å². The van der Waals surface area contributed by atoms with Crippen molar-refractivity contribution >= 4 is 23.7 Å². The maximum atomic E-state index is 10.1. The van der Waals surface area contributed by atoms with Crippen LogP contribution in [0.3, 0.4) is 0 Å². The first-order chi connectivity index (χ1) is 2.94. The van der Waals surface area contributed by atoms with Crippen molar-refractivity contribution in [3.63, 3.8) is 0 Å². The van der Waals surface area contributed by atoms with Gasteiger partial charge in [0.05, 0.1) is 0 Å². The van der Waals surface area contributed by atoms with E-state index in [9.17, 15) is 4.21 Å². The summed E-state index contributed by atoms with van der Waals surface area (Å²) in [4.78, 5) is 0. The number of thiol groups is 1. The molecule has 0 aliphatic carbocycles. The molecule has 0 radical (unpaired) electrons. The van der Waals surface area contributed by atoms with Crippen LogP contribution < -0.4 is 0 Å². The Balaban J connectivity index is 3.79. The van der Waals surface area contributed by atoms with Gasteiger partial charge in [-0.3, -0.25) is 0 Å². The highest BCUT2D eigenvalue weighted by atomic mass is 32.2. The number of rotatable bonds is 1.